The minimum atomic E-state index is -0.329. The molecule has 112 valence electrons. The van der Waals surface area contributed by atoms with Gasteiger partial charge in [0.15, 0.2) is 0 Å². The van der Waals surface area contributed by atoms with Gasteiger partial charge in [-0.15, -0.1) is 0 Å². The van der Waals surface area contributed by atoms with Crippen LogP contribution in [0.5, 0.6) is 0 Å². The molecule has 0 spiro atoms. The van der Waals surface area contributed by atoms with Gasteiger partial charge in [0.2, 0.25) is 0 Å². The van der Waals surface area contributed by atoms with Crippen LogP contribution in [0.15, 0.2) is 24.3 Å². The first-order valence-corrected chi connectivity index (χ1v) is 6.80. The van der Waals surface area contributed by atoms with Gasteiger partial charge in [0.05, 0.1) is 12.2 Å². The molecule has 1 aromatic rings. The fourth-order valence-electron chi connectivity index (χ4n) is 1.70. The molecule has 0 saturated carbocycles. The Labute approximate surface area is 120 Å². The quantitative estimate of drug-likeness (QED) is 0.518. The van der Waals surface area contributed by atoms with Crippen LogP contribution in [-0.4, -0.2) is 46.1 Å². The third kappa shape index (κ3) is 6.65. The Morgan fingerprint density at radius 3 is 2.80 bits per heavy atom. The zero-order valence-electron chi connectivity index (χ0n) is 12.0. The zero-order valence-corrected chi connectivity index (χ0v) is 12.0. The first kappa shape index (κ1) is 16.6. The van der Waals surface area contributed by atoms with Crippen LogP contribution in [0.25, 0.3) is 0 Å². The van der Waals surface area contributed by atoms with E-state index in [1.165, 1.54) is 0 Å². The number of ether oxygens (including phenoxy) is 3. The summed E-state index contributed by atoms with van der Waals surface area (Å²) in [6, 6.07) is 7.34. The van der Waals surface area contributed by atoms with E-state index in [9.17, 15) is 4.79 Å². The van der Waals surface area contributed by atoms with Crippen molar-refractivity contribution in [3.05, 3.63) is 35.4 Å². The summed E-state index contributed by atoms with van der Waals surface area (Å²) in [5.74, 6) is -0.329. The van der Waals surface area contributed by atoms with Crippen LogP contribution in [0.2, 0.25) is 0 Å². The predicted octanol–water partition coefficient (Wildman–Crippen LogP) is 1.40. The fraction of sp³-hybridized carbons (Fsp3) is 0.533. The van der Waals surface area contributed by atoms with Crippen LogP contribution < -0.4 is 5.73 Å². The molecule has 0 aliphatic carbocycles. The van der Waals surface area contributed by atoms with Gasteiger partial charge < -0.3 is 19.9 Å². The van der Waals surface area contributed by atoms with Crippen molar-refractivity contribution < 1.29 is 19.0 Å². The van der Waals surface area contributed by atoms with Crippen LogP contribution in [0.1, 0.15) is 22.3 Å². The second-order valence-corrected chi connectivity index (χ2v) is 4.33. The van der Waals surface area contributed by atoms with Crippen LogP contribution in [-0.2, 0) is 20.6 Å². The molecule has 5 nitrogen and oxygen atoms in total. The van der Waals surface area contributed by atoms with E-state index in [1.807, 2.05) is 18.2 Å². The average molecular weight is 281 g/mol. The molecule has 20 heavy (non-hydrogen) atoms. The molecule has 0 atom stereocenters. The van der Waals surface area contributed by atoms with E-state index in [-0.39, 0.29) is 12.6 Å². The van der Waals surface area contributed by atoms with Gasteiger partial charge >= 0.3 is 5.97 Å². The number of benzene rings is 1. The molecule has 0 saturated heterocycles. The fourth-order valence-corrected chi connectivity index (χ4v) is 1.70. The molecule has 0 amide bonds. The lowest BCUT2D eigenvalue weighted by Gasteiger charge is -2.07. The molecule has 1 rings (SSSR count). The van der Waals surface area contributed by atoms with Gasteiger partial charge in [-0.05, 0) is 37.1 Å². The summed E-state index contributed by atoms with van der Waals surface area (Å²) in [6.07, 6.45) is 1.59. The van der Waals surface area contributed by atoms with Crippen molar-refractivity contribution in [1.82, 2.24) is 0 Å². The Morgan fingerprint density at radius 2 is 2.05 bits per heavy atom. The topological polar surface area (TPSA) is 70.8 Å². The van der Waals surface area contributed by atoms with E-state index < -0.39 is 0 Å². The number of carbonyl (C=O) groups is 1. The Morgan fingerprint density at radius 1 is 1.20 bits per heavy atom. The first-order valence-electron chi connectivity index (χ1n) is 6.80. The highest BCUT2D eigenvalue weighted by molar-refractivity contribution is 5.89. The number of hydrogen-bond donors (Lipinski definition) is 1. The largest absolute Gasteiger partial charge is 0.460 e. The summed E-state index contributed by atoms with van der Waals surface area (Å²) in [6.45, 7) is 2.50. The minimum absolute atomic E-state index is 0.257. The van der Waals surface area contributed by atoms with Crippen molar-refractivity contribution in [3.8, 4) is 0 Å². The van der Waals surface area contributed by atoms with Crippen LogP contribution in [0.4, 0.5) is 0 Å². The van der Waals surface area contributed by atoms with Crippen LogP contribution in [0, 0.1) is 0 Å². The third-order valence-corrected chi connectivity index (χ3v) is 2.69. The third-order valence-electron chi connectivity index (χ3n) is 2.69. The van der Waals surface area contributed by atoms with Crippen molar-refractivity contribution in [2.24, 2.45) is 5.73 Å². The molecule has 0 aromatic heterocycles. The summed E-state index contributed by atoms with van der Waals surface area (Å²) in [5.41, 5.74) is 7.08. The summed E-state index contributed by atoms with van der Waals surface area (Å²) < 4.78 is 15.4. The second-order valence-electron chi connectivity index (χ2n) is 4.33. The molecular formula is C15H23NO4. The van der Waals surface area contributed by atoms with Gasteiger partial charge in [-0.2, -0.15) is 0 Å². The maximum absolute atomic E-state index is 11.8. The smallest absolute Gasteiger partial charge is 0.338 e. The molecule has 0 aliphatic heterocycles. The molecular weight excluding hydrogens is 258 g/mol. The normalized spacial score (nSPS) is 10.5. The molecule has 0 fully saturated rings. The molecule has 0 heterocycles. The van der Waals surface area contributed by atoms with Crippen molar-refractivity contribution in [2.75, 3.05) is 40.1 Å². The lowest BCUT2D eigenvalue weighted by molar-refractivity contribution is 0.0288. The Balaban J connectivity index is 2.23. The Hall–Kier alpha value is -1.43. The van der Waals surface area contributed by atoms with Gasteiger partial charge in [0.25, 0.3) is 0 Å². The molecule has 1 aromatic carbocycles. The van der Waals surface area contributed by atoms with E-state index in [2.05, 4.69) is 0 Å². The van der Waals surface area contributed by atoms with E-state index >= 15 is 0 Å². The highest BCUT2D eigenvalue weighted by Crippen LogP contribution is 2.07. The van der Waals surface area contributed by atoms with Crippen molar-refractivity contribution in [2.45, 2.75) is 12.8 Å². The molecule has 0 radical (unpaired) electrons. The van der Waals surface area contributed by atoms with E-state index in [0.717, 1.165) is 18.4 Å². The number of hydrogen-bond acceptors (Lipinski definition) is 5. The summed E-state index contributed by atoms with van der Waals surface area (Å²) in [7, 11) is 1.65. The maximum Gasteiger partial charge on any atom is 0.338 e. The number of esters is 1. The minimum Gasteiger partial charge on any atom is -0.460 e. The highest BCUT2D eigenvalue weighted by Gasteiger charge is 2.07. The molecule has 2 N–H and O–H groups in total. The molecule has 0 bridgehead atoms. The summed E-state index contributed by atoms with van der Waals surface area (Å²) >= 11 is 0. The standard InChI is InChI=1S/C15H23NO4/c1-18-8-3-9-19-10-11-20-15(17)14-5-2-4-13(12-14)6-7-16/h2,4-5,12H,3,6-11,16H2,1H3. The van der Waals surface area contributed by atoms with Gasteiger partial charge in [-0.1, -0.05) is 12.1 Å². The first-order chi connectivity index (χ1) is 9.77. The number of nitrogens with two attached hydrogens (primary N) is 1. The zero-order chi connectivity index (χ0) is 14.6. The van der Waals surface area contributed by atoms with Gasteiger partial charge in [0, 0.05) is 20.3 Å². The number of carbonyl (C=O) groups excluding carboxylic acids is 1. The van der Waals surface area contributed by atoms with Crippen LogP contribution >= 0.6 is 0 Å². The van der Waals surface area contributed by atoms with Gasteiger partial charge in [0.1, 0.15) is 6.61 Å². The SMILES string of the molecule is COCCCOCCOC(=O)c1cccc(CCN)c1. The molecule has 0 aliphatic rings. The summed E-state index contributed by atoms with van der Waals surface area (Å²) in [4.78, 5) is 11.8. The predicted molar refractivity (Wildman–Crippen MR) is 76.8 cm³/mol. The van der Waals surface area contributed by atoms with E-state index in [1.54, 1.807) is 13.2 Å². The molecule has 5 heteroatoms. The van der Waals surface area contributed by atoms with Gasteiger partial charge in [-0.25, -0.2) is 4.79 Å². The van der Waals surface area contributed by atoms with E-state index in [0.29, 0.717) is 31.9 Å². The maximum atomic E-state index is 11.8. The second kappa shape index (κ2) is 10.4. The Bertz CT molecular complexity index is 395. The number of rotatable bonds is 10. The number of methoxy groups -OCH3 is 1. The Kier molecular flexibility index (Phi) is 8.62. The van der Waals surface area contributed by atoms with E-state index in [4.69, 9.17) is 19.9 Å². The lowest BCUT2D eigenvalue weighted by Crippen LogP contribution is -2.12. The van der Waals surface area contributed by atoms with Gasteiger partial charge in [-0.3, -0.25) is 0 Å². The lowest BCUT2D eigenvalue weighted by atomic mass is 10.1. The highest BCUT2D eigenvalue weighted by atomic mass is 16.6. The van der Waals surface area contributed by atoms with Crippen LogP contribution in [0.3, 0.4) is 0 Å². The van der Waals surface area contributed by atoms with Crippen molar-refractivity contribution in [1.29, 1.82) is 0 Å². The molecule has 0 unspecified atom stereocenters. The summed E-state index contributed by atoms with van der Waals surface area (Å²) in [5, 5.41) is 0. The monoisotopic (exact) mass is 281 g/mol. The van der Waals surface area contributed by atoms with Crippen molar-refractivity contribution in [3.63, 3.8) is 0 Å². The van der Waals surface area contributed by atoms with Crippen molar-refractivity contribution >= 4 is 5.97 Å². The average Bonchev–Trinajstić information content (AvgIpc) is 2.47.